The summed E-state index contributed by atoms with van der Waals surface area (Å²) in [5.41, 5.74) is 8.85. The van der Waals surface area contributed by atoms with E-state index in [1.807, 2.05) is 64.1 Å². The van der Waals surface area contributed by atoms with Crippen LogP contribution in [0.2, 0.25) is 0 Å². The third-order valence-corrected chi connectivity index (χ3v) is 8.17. The van der Waals surface area contributed by atoms with Crippen molar-refractivity contribution >= 4 is 11.9 Å². The summed E-state index contributed by atoms with van der Waals surface area (Å²) in [6, 6.07) is 45.9. The number of benzene rings is 6. The zero-order valence-electron chi connectivity index (χ0n) is 29.2. The Hall–Kier alpha value is -5.52. The van der Waals surface area contributed by atoms with Crippen molar-refractivity contribution < 1.29 is 48.8 Å². The van der Waals surface area contributed by atoms with Crippen molar-refractivity contribution in [2.45, 2.75) is 39.9 Å². The Morgan fingerprint density at radius 2 is 0.804 bits per heavy atom. The standard InChI is InChI=1S/2C22H20O3.Zn/c2*1-15-12-18(14-19(13-15)17-8-4-3-5-9-17)16(2)25-21-11-7-6-10-20(21)22(23)24;/h2*3-14,16H,1-2H3,(H,23,24);/q;;+2/p-2. The van der Waals surface area contributed by atoms with E-state index in [1.165, 1.54) is 12.1 Å². The molecular weight excluding hydrogens is 690 g/mol. The fourth-order valence-electron chi connectivity index (χ4n) is 5.68. The number of carbonyl (C=O) groups is 2. The van der Waals surface area contributed by atoms with Gasteiger partial charge in [-0.1, -0.05) is 120 Å². The summed E-state index contributed by atoms with van der Waals surface area (Å²) in [4.78, 5) is 22.5. The van der Waals surface area contributed by atoms with Crippen molar-refractivity contribution in [2.24, 2.45) is 0 Å². The topological polar surface area (TPSA) is 98.7 Å². The average Bonchev–Trinajstić information content (AvgIpc) is 3.12. The molecule has 252 valence electrons. The Bertz CT molecular complexity index is 1930. The minimum Gasteiger partial charge on any atom is -0.545 e. The number of carboxylic acids is 2. The maximum absolute atomic E-state index is 11.2. The zero-order chi connectivity index (χ0) is 35.6. The molecule has 0 bridgehead atoms. The van der Waals surface area contributed by atoms with E-state index in [-0.39, 0.29) is 42.8 Å². The van der Waals surface area contributed by atoms with Crippen LogP contribution in [0.4, 0.5) is 0 Å². The van der Waals surface area contributed by atoms with Gasteiger partial charge in [0.15, 0.2) is 0 Å². The Labute approximate surface area is 312 Å². The molecule has 0 aliphatic rings. The van der Waals surface area contributed by atoms with Gasteiger partial charge in [0.25, 0.3) is 0 Å². The van der Waals surface area contributed by atoms with E-state index < -0.39 is 11.9 Å². The van der Waals surface area contributed by atoms with Crippen molar-refractivity contribution in [3.8, 4) is 33.8 Å². The van der Waals surface area contributed by atoms with Crippen molar-refractivity contribution in [3.63, 3.8) is 0 Å². The monoisotopic (exact) mass is 726 g/mol. The van der Waals surface area contributed by atoms with Gasteiger partial charge in [0.2, 0.25) is 0 Å². The number of carboxylic acid groups (broad SMARTS) is 2. The minimum atomic E-state index is -1.24. The van der Waals surface area contributed by atoms with E-state index in [0.717, 1.165) is 44.5 Å². The first-order valence-electron chi connectivity index (χ1n) is 16.4. The first-order chi connectivity index (χ1) is 24.1. The average molecular weight is 728 g/mol. The van der Waals surface area contributed by atoms with Gasteiger partial charge in [-0.05, 0) is 97.5 Å². The second-order valence-electron chi connectivity index (χ2n) is 12.1. The SMILES string of the molecule is Cc1cc(-c2ccccc2)cc(C(C)Oc2ccccc2C(=O)[O-])c1.Cc1cc(-c2ccccc2)cc(C(C)Oc2ccccc2C(=O)[O-])c1.[Zn+2]. The largest absolute Gasteiger partial charge is 2.00 e. The van der Waals surface area contributed by atoms with Gasteiger partial charge in [-0.3, -0.25) is 0 Å². The van der Waals surface area contributed by atoms with Crippen LogP contribution in [0.15, 0.2) is 146 Å². The van der Waals surface area contributed by atoms with E-state index in [9.17, 15) is 19.8 Å². The van der Waals surface area contributed by atoms with Gasteiger partial charge in [-0.15, -0.1) is 0 Å². The Kier molecular flexibility index (Phi) is 13.5. The van der Waals surface area contributed by atoms with Crippen molar-refractivity contribution in [2.75, 3.05) is 0 Å². The molecule has 0 aliphatic heterocycles. The van der Waals surface area contributed by atoms with E-state index in [2.05, 4.69) is 60.7 Å². The summed E-state index contributed by atoms with van der Waals surface area (Å²) in [7, 11) is 0. The number of para-hydroxylation sites is 2. The molecule has 0 fully saturated rings. The van der Waals surface area contributed by atoms with Crippen LogP contribution in [-0.2, 0) is 19.5 Å². The van der Waals surface area contributed by atoms with Crippen LogP contribution in [0.25, 0.3) is 22.3 Å². The number of aryl methyl sites for hydroxylation is 2. The summed E-state index contributed by atoms with van der Waals surface area (Å²) < 4.78 is 11.8. The number of hydrogen-bond donors (Lipinski definition) is 0. The maximum atomic E-state index is 11.2. The number of rotatable bonds is 10. The van der Waals surface area contributed by atoms with E-state index in [0.29, 0.717) is 11.5 Å². The number of ether oxygens (including phenoxy) is 2. The van der Waals surface area contributed by atoms with Crippen LogP contribution < -0.4 is 19.7 Å². The van der Waals surface area contributed by atoms with Crippen LogP contribution in [0, 0.1) is 13.8 Å². The van der Waals surface area contributed by atoms with Crippen LogP contribution in [-0.4, -0.2) is 11.9 Å². The molecule has 0 N–H and O–H groups in total. The van der Waals surface area contributed by atoms with Crippen LogP contribution in [0.5, 0.6) is 11.5 Å². The van der Waals surface area contributed by atoms with Crippen LogP contribution >= 0.6 is 0 Å². The maximum Gasteiger partial charge on any atom is 2.00 e. The van der Waals surface area contributed by atoms with Gasteiger partial charge in [-0.2, -0.15) is 0 Å². The van der Waals surface area contributed by atoms with Gasteiger partial charge in [0, 0.05) is 11.1 Å². The molecular formula is C44H38O6Zn. The Morgan fingerprint density at radius 3 is 1.16 bits per heavy atom. The second-order valence-corrected chi connectivity index (χ2v) is 12.1. The predicted molar refractivity (Wildman–Crippen MR) is 193 cm³/mol. The van der Waals surface area contributed by atoms with Gasteiger partial charge in [0.1, 0.15) is 23.7 Å². The molecule has 0 aromatic heterocycles. The third-order valence-electron chi connectivity index (χ3n) is 8.17. The summed E-state index contributed by atoms with van der Waals surface area (Å²) >= 11 is 0. The van der Waals surface area contributed by atoms with Crippen molar-refractivity contribution in [1.29, 1.82) is 0 Å². The smallest absolute Gasteiger partial charge is 0.545 e. The third kappa shape index (κ3) is 10.3. The fraction of sp³-hybridized carbons (Fsp3) is 0.136. The molecule has 0 radical (unpaired) electrons. The summed E-state index contributed by atoms with van der Waals surface area (Å²) in [6.45, 7) is 7.90. The first-order valence-corrected chi connectivity index (χ1v) is 16.4. The van der Waals surface area contributed by atoms with Crippen LogP contribution in [0.3, 0.4) is 0 Å². The molecule has 0 saturated carbocycles. The van der Waals surface area contributed by atoms with E-state index in [4.69, 9.17) is 9.47 Å². The molecule has 2 unspecified atom stereocenters. The normalized spacial score (nSPS) is 11.5. The summed E-state index contributed by atoms with van der Waals surface area (Å²) in [5.74, 6) is -1.84. The van der Waals surface area contributed by atoms with Crippen molar-refractivity contribution in [3.05, 3.63) is 179 Å². The van der Waals surface area contributed by atoms with E-state index >= 15 is 0 Å². The molecule has 0 aliphatic carbocycles. The number of carbonyl (C=O) groups excluding carboxylic acids is 2. The molecule has 6 aromatic carbocycles. The molecule has 2 atom stereocenters. The van der Waals surface area contributed by atoms with Gasteiger partial charge >= 0.3 is 19.5 Å². The fourth-order valence-corrected chi connectivity index (χ4v) is 5.68. The molecule has 0 amide bonds. The molecule has 0 spiro atoms. The molecule has 6 aromatic rings. The summed E-state index contributed by atoms with van der Waals surface area (Å²) in [6.07, 6.45) is -0.578. The van der Waals surface area contributed by atoms with Crippen LogP contribution in [0.1, 0.15) is 69.0 Å². The van der Waals surface area contributed by atoms with Crippen molar-refractivity contribution in [1.82, 2.24) is 0 Å². The van der Waals surface area contributed by atoms with Gasteiger partial charge < -0.3 is 29.3 Å². The first kappa shape index (κ1) is 38.3. The second kappa shape index (κ2) is 17.9. The quantitative estimate of drug-likeness (QED) is 0.132. The van der Waals surface area contributed by atoms with Gasteiger partial charge in [0.05, 0.1) is 11.9 Å². The summed E-state index contributed by atoms with van der Waals surface area (Å²) in [5, 5.41) is 22.5. The van der Waals surface area contributed by atoms with E-state index in [1.54, 1.807) is 36.4 Å². The molecule has 6 rings (SSSR count). The molecule has 51 heavy (non-hydrogen) atoms. The Morgan fingerprint density at radius 1 is 0.471 bits per heavy atom. The number of hydrogen-bond acceptors (Lipinski definition) is 6. The molecule has 0 heterocycles. The molecule has 7 heteroatoms. The number of aromatic carboxylic acids is 2. The van der Waals surface area contributed by atoms with Gasteiger partial charge in [-0.25, -0.2) is 0 Å². The molecule has 0 saturated heterocycles. The Balaban J connectivity index is 0.000000224. The predicted octanol–water partition coefficient (Wildman–Crippen LogP) is 8.33. The minimum absolute atomic E-state index is 0. The molecule has 6 nitrogen and oxygen atoms in total. The zero-order valence-corrected chi connectivity index (χ0v) is 32.1.